The minimum atomic E-state index is -1.79. The van der Waals surface area contributed by atoms with Crippen LogP contribution in [-0.4, -0.2) is 50.8 Å². The van der Waals surface area contributed by atoms with Gasteiger partial charge in [0.25, 0.3) is 0 Å². The quantitative estimate of drug-likeness (QED) is 0.222. The van der Waals surface area contributed by atoms with E-state index in [-0.39, 0.29) is 36.9 Å². The van der Waals surface area contributed by atoms with Crippen LogP contribution in [0.2, 0.25) is 52.4 Å². The van der Waals surface area contributed by atoms with Crippen molar-refractivity contribution in [2.75, 3.05) is 26.4 Å². The summed E-state index contributed by atoms with van der Waals surface area (Å²) in [6.45, 7) is 32.1. The maximum Gasteiger partial charge on any atom is 0.0466 e. The van der Waals surface area contributed by atoms with Crippen molar-refractivity contribution in [1.29, 1.82) is 0 Å². The number of rotatable bonds is 5. The van der Waals surface area contributed by atoms with E-state index < -0.39 is 24.4 Å². The largest absolute Gasteiger partial charge is 0.684 e. The van der Waals surface area contributed by atoms with Crippen LogP contribution < -0.4 is 0 Å². The maximum atomic E-state index is 5.08. The summed E-state index contributed by atoms with van der Waals surface area (Å²) in [7, 11) is -3.51. The number of allylic oxidation sites excluding steroid dienone is 4. The number of hydrogen-bond acceptors (Lipinski definition) is 2. The fourth-order valence-corrected chi connectivity index (χ4v) is 18.8. The zero-order chi connectivity index (χ0) is 29.0. The van der Waals surface area contributed by atoms with Gasteiger partial charge >= 0.3 is 0 Å². The Morgan fingerprint density at radius 1 is 0.615 bits per heavy atom. The summed E-state index contributed by atoms with van der Waals surface area (Å²) in [6.07, 6.45) is 5.11. The fourth-order valence-electron chi connectivity index (χ4n) is 5.34. The topological polar surface area (TPSA) is 32.6 Å². The van der Waals surface area contributed by atoms with Gasteiger partial charge in [0.2, 0.25) is 0 Å². The van der Waals surface area contributed by atoms with Crippen molar-refractivity contribution in [3.8, 4) is 0 Å². The van der Waals surface area contributed by atoms with Crippen LogP contribution in [0, 0.1) is 48.5 Å². The summed E-state index contributed by atoms with van der Waals surface area (Å²) in [4.78, 5) is 5.08. The Kier molecular flexibility index (Phi) is 18.9. The third-order valence-electron chi connectivity index (χ3n) is 6.73. The van der Waals surface area contributed by atoms with Gasteiger partial charge in [0.05, 0.1) is 0 Å². The van der Waals surface area contributed by atoms with Crippen LogP contribution >= 0.6 is 0 Å². The molecule has 232 valence electrons. The van der Waals surface area contributed by atoms with Gasteiger partial charge in [-0.2, -0.15) is 0 Å². The maximum absolute atomic E-state index is 5.08. The van der Waals surface area contributed by atoms with Gasteiger partial charge in [-0.1, -0.05) is 106 Å². The summed E-state index contributed by atoms with van der Waals surface area (Å²) < 4.78 is 9.89. The smallest absolute Gasteiger partial charge is 0.0466 e. The summed E-state index contributed by atoms with van der Waals surface area (Å²) in [5.74, 6) is 1.45. The molecule has 0 bridgehead atoms. The van der Waals surface area contributed by atoms with Crippen molar-refractivity contribution < 1.29 is 46.3 Å². The zero-order valence-corrected chi connectivity index (χ0v) is 31.8. The average molecular weight is 748 g/mol. The molecule has 0 amide bonds. The first-order valence-electron chi connectivity index (χ1n) is 14.6. The molecule has 3 nitrogen and oxygen atoms in total. The molecule has 2 heterocycles. The molecule has 0 saturated carbocycles. The number of benzene rings is 1. The molecular formula is C32H58LuNO2Si3-2. The first kappa shape index (κ1) is 39.3. The zero-order valence-electron chi connectivity index (χ0n) is 27.1. The predicted octanol–water partition coefficient (Wildman–Crippen LogP) is 10.2. The first-order valence-corrected chi connectivity index (χ1v) is 24.7. The molecule has 2 fully saturated rings. The van der Waals surface area contributed by atoms with Crippen molar-refractivity contribution >= 4 is 30.1 Å². The number of ether oxygens (including phenoxy) is 2. The molecule has 0 atom stereocenters. The van der Waals surface area contributed by atoms with Crippen LogP contribution in [0.3, 0.4) is 0 Å². The van der Waals surface area contributed by atoms with E-state index >= 15 is 0 Å². The average Bonchev–Trinajstić information content (AvgIpc) is 3.57. The van der Waals surface area contributed by atoms with Gasteiger partial charge in [-0.3, -0.25) is 0 Å². The molecule has 3 aliphatic rings. The molecule has 1 aromatic rings. The Labute approximate surface area is 275 Å². The van der Waals surface area contributed by atoms with Gasteiger partial charge in [0.1, 0.15) is 0 Å². The monoisotopic (exact) mass is 747 g/mol. The SMILES string of the molecule is C1CCOC1.C1CCOC1.C[C]1C(C)=C(C)C(C)=C1[Si](C)(C)[N-]c1ccccc1.C[Si](C)(C)[CH-][Si](C)(C)C.[Lu]. The normalized spacial score (nSPS) is 17.8. The van der Waals surface area contributed by atoms with Crippen molar-refractivity contribution in [2.45, 2.75) is 106 Å². The second kappa shape index (κ2) is 18.8. The number of nitrogens with zero attached hydrogens (tertiary/aromatic N) is 1. The molecule has 0 unspecified atom stereocenters. The van der Waals surface area contributed by atoms with Crippen LogP contribution in [0.1, 0.15) is 53.4 Å². The van der Waals surface area contributed by atoms with Crippen LogP contribution in [0.5, 0.6) is 0 Å². The molecule has 2 saturated heterocycles. The minimum absolute atomic E-state index is 0. The summed E-state index contributed by atoms with van der Waals surface area (Å²) in [5.41, 5.74) is 8.09. The van der Waals surface area contributed by atoms with Gasteiger partial charge in [0.15, 0.2) is 0 Å². The Morgan fingerprint density at radius 2 is 1.03 bits per heavy atom. The van der Waals surface area contributed by atoms with E-state index in [0.29, 0.717) is 0 Å². The second-order valence-electron chi connectivity index (χ2n) is 13.4. The molecule has 0 N–H and O–H groups in total. The van der Waals surface area contributed by atoms with E-state index in [4.69, 9.17) is 14.5 Å². The molecule has 1 aromatic carbocycles. The molecule has 39 heavy (non-hydrogen) atoms. The number of hydrogen-bond donors (Lipinski definition) is 0. The third kappa shape index (κ3) is 16.5. The van der Waals surface area contributed by atoms with E-state index in [0.717, 1.165) is 32.1 Å². The second-order valence-corrected chi connectivity index (χ2v) is 27.9. The van der Waals surface area contributed by atoms with Gasteiger partial charge in [-0.15, -0.1) is 21.8 Å². The molecule has 2 aliphatic heterocycles. The Balaban J connectivity index is 0.000000593. The van der Waals surface area contributed by atoms with E-state index in [1.807, 2.05) is 6.07 Å². The summed E-state index contributed by atoms with van der Waals surface area (Å²) in [6, 6.07) is 10.4. The van der Waals surface area contributed by atoms with E-state index in [1.54, 1.807) is 0 Å². The minimum Gasteiger partial charge on any atom is -0.684 e. The van der Waals surface area contributed by atoms with Crippen molar-refractivity contribution in [3.63, 3.8) is 0 Å². The van der Waals surface area contributed by atoms with Crippen molar-refractivity contribution in [2.24, 2.45) is 0 Å². The Hall–Kier alpha value is 0.304. The summed E-state index contributed by atoms with van der Waals surface area (Å²) >= 11 is 0. The van der Waals surface area contributed by atoms with E-state index in [1.165, 1.54) is 53.5 Å². The standard InChI is InChI=1S/C17H23NSi.C7H19Si2.2C4H8O.Lu/c1-12-13(2)15(4)17(14(12)3)19(5,6)18-16-10-8-7-9-11-16;1-8(2,3)7-9(4,5)6;2*1-2-4-5-3-1;/h7-11H,1-6H3;7H,1-6H3;2*1-4H2;/q2*-1;;;. The van der Waals surface area contributed by atoms with Crippen LogP contribution in [0.15, 0.2) is 52.2 Å². The van der Waals surface area contributed by atoms with Crippen LogP contribution in [0.25, 0.3) is 4.98 Å². The van der Waals surface area contributed by atoms with Crippen LogP contribution in [0.4, 0.5) is 5.69 Å². The van der Waals surface area contributed by atoms with Gasteiger partial charge < -0.3 is 20.1 Å². The first-order chi connectivity index (χ1) is 17.6. The molecule has 4 rings (SSSR count). The Morgan fingerprint density at radius 3 is 1.28 bits per heavy atom. The molecular weight excluding hydrogens is 690 g/mol. The molecule has 0 aromatic heterocycles. The summed E-state index contributed by atoms with van der Waals surface area (Å²) in [5, 5.41) is 1.52. The van der Waals surface area contributed by atoms with E-state index in [9.17, 15) is 0 Å². The molecule has 7 heteroatoms. The molecule has 1 aliphatic carbocycles. The van der Waals surface area contributed by atoms with Gasteiger partial charge in [0, 0.05) is 69.2 Å². The van der Waals surface area contributed by atoms with Gasteiger partial charge in [-0.25, -0.2) is 0 Å². The third-order valence-corrected chi connectivity index (χ3v) is 16.5. The van der Waals surface area contributed by atoms with E-state index in [2.05, 4.69) is 110 Å². The van der Waals surface area contributed by atoms with Crippen molar-refractivity contribution in [3.05, 3.63) is 68.8 Å². The fraction of sp³-hybridized carbons (Fsp3) is 0.625. The van der Waals surface area contributed by atoms with Crippen LogP contribution in [-0.2, 0) is 9.47 Å². The van der Waals surface area contributed by atoms with Gasteiger partial charge in [-0.05, 0) is 60.3 Å². The predicted molar refractivity (Wildman–Crippen MR) is 178 cm³/mol. The Bertz CT molecular complexity index is 842. The van der Waals surface area contributed by atoms with Crippen molar-refractivity contribution in [1.82, 2.24) is 0 Å². The molecule has 0 spiro atoms. The molecule has 2 radical (unpaired) electrons.